The summed E-state index contributed by atoms with van der Waals surface area (Å²) in [7, 11) is 0. The van der Waals surface area contributed by atoms with E-state index in [1.807, 2.05) is 17.5 Å². The van der Waals surface area contributed by atoms with Crippen molar-refractivity contribution in [2.24, 2.45) is 0 Å². The SMILES string of the molecule is Clc1ccc(Oc2nccs2)cc1. The van der Waals surface area contributed by atoms with Gasteiger partial charge >= 0.3 is 0 Å². The molecule has 0 radical (unpaired) electrons. The van der Waals surface area contributed by atoms with Gasteiger partial charge in [-0.1, -0.05) is 22.9 Å². The Kier molecular flexibility index (Phi) is 2.47. The molecule has 0 spiro atoms. The highest BCUT2D eigenvalue weighted by Gasteiger charge is 1.97. The van der Waals surface area contributed by atoms with Gasteiger partial charge in [-0.3, -0.25) is 0 Å². The predicted molar refractivity (Wildman–Crippen MR) is 53.6 cm³/mol. The van der Waals surface area contributed by atoms with Crippen molar-refractivity contribution in [3.05, 3.63) is 40.9 Å². The first-order valence-corrected chi connectivity index (χ1v) is 4.93. The Hall–Kier alpha value is -1.06. The van der Waals surface area contributed by atoms with Crippen LogP contribution >= 0.6 is 22.9 Å². The number of benzene rings is 1. The molecule has 66 valence electrons. The van der Waals surface area contributed by atoms with Crippen LogP contribution in [-0.2, 0) is 0 Å². The maximum Gasteiger partial charge on any atom is 0.278 e. The number of hydrogen-bond donors (Lipinski definition) is 0. The minimum atomic E-state index is 0.641. The molecule has 0 aliphatic rings. The largest absolute Gasteiger partial charge is 0.431 e. The summed E-state index contributed by atoms with van der Waals surface area (Å²) < 4.78 is 5.42. The molecule has 2 nitrogen and oxygen atoms in total. The fourth-order valence-electron chi connectivity index (χ4n) is 0.864. The molecule has 0 atom stereocenters. The number of ether oxygens (including phenoxy) is 1. The van der Waals surface area contributed by atoms with E-state index in [9.17, 15) is 0 Å². The van der Waals surface area contributed by atoms with Crippen molar-refractivity contribution in [3.8, 4) is 10.9 Å². The highest BCUT2D eigenvalue weighted by molar-refractivity contribution is 7.11. The number of halogens is 1. The van der Waals surface area contributed by atoms with Gasteiger partial charge in [-0.15, -0.1) is 0 Å². The minimum Gasteiger partial charge on any atom is -0.431 e. The van der Waals surface area contributed by atoms with Crippen LogP contribution in [0, 0.1) is 0 Å². The van der Waals surface area contributed by atoms with Crippen LogP contribution in [0.4, 0.5) is 0 Å². The van der Waals surface area contributed by atoms with Crippen LogP contribution in [0.5, 0.6) is 10.9 Å². The van der Waals surface area contributed by atoms with Crippen LogP contribution in [-0.4, -0.2) is 4.98 Å². The zero-order valence-corrected chi connectivity index (χ0v) is 8.18. The molecular weight excluding hydrogens is 206 g/mol. The van der Waals surface area contributed by atoms with E-state index >= 15 is 0 Å². The van der Waals surface area contributed by atoms with Gasteiger partial charge in [0, 0.05) is 16.6 Å². The molecule has 0 aliphatic heterocycles. The molecule has 0 N–H and O–H groups in total. The van der Waals surface area contributed by atoms with Gasteiger partial charge in [0.25, 0.3) is 5.19 Å². The molecule has 0 saturated heterocycles. The minimum absolute atomic E-state index is 0.641. The van der Waals surface area contributed by atoms with Crippen LogP contribution in [0.3, 0.4) is 0 Å². The molecule has 0 saturated carbocycles. The number of aromatic nitrogens is 1. The Balaban J connectivity index is 2.15. The monoisotopic (exact) mass is 211 g/mol. The van der Waals surface area contributed by atoms with Gasteiger partial charge < -0.3 is 4.74 Å². The lowest BCUT2D eigenvalue weighted by atomic mass is 10.3. The third-order valence-corrected chi connectivity index (χ3v) is 2.33. The highest BCUT2D eigenvalue weighted by atomic mass is 35.5. The van der Waals surface area contributed by atoms with Gasteiger partial charge in [0.2, 0.25) is 0 Å². The standard InChI is InChI=1S/C9H6ClNOS/c10-7-1-3-8(4-2-7)12-9-11-5-6-13-9/h1-6H. The number of nitrogens with zero attached hydrogens (tertiary/aromatic N) is 1. The molecule has 1 aromatic heterocycles. The zero-order chi connectivity index (χ0) is 9.10. The molecule has 4 heteroatoms. The molecule has 2 aromatic rings. The first kappa shape index (κ1) is 8.53. The normalized spacial score (nSPS) is 9.92. The summed E-state index contributed by atoms with van der Waals surface area (Å²) in [4.78, 5) is 4.00. The maximum absolute atomic E-state index is 5.72. The van der Waals surface area contributed by atoms with E-state index in [0.29, 0.717) is 10.2 Å². The predicted octanol–water partition coefficient (Wildman–Crippen LogP) is 3.59. The van der Waals surface area contributed by atoms with E-state index in [4.69, 9.17) is 16.3 Å². The molecule has 13 heavy (non-hydrogen) atoms. The molecule has 1 aromatic carbocycles. The van der Waals surface area contributed by atoms with E-state index < -0.39 is 0 Å². The summed E-state index contributed by atoms with van der Waals surface area (Å²) in [5.74, 6) is 0.749. The first-order chi connectivity index (χ1) is 6.34. The fraction of sp³-hybridized carbons (Fsp3) is 0. The van der Waals surface area contributed by atoms with Gasteiger partial charge in [-0.25, -0.2) is 4.98 Å². The summed E-state index contributed by atoms with van der Waals surface area (Å²) in [6.07, 6.45) is 1.70. The summed E-state index contributed by atoms with van der Waals surface area (Å²) in [6, 6.07) is 7.18. The van der Waals surface area contributed by atoms with Crippen molar-refractivity contribution >= 4 is 22.9 Å². The summed E-state index contributed by atoms with van der Waals surface area (Å²) in [5.41, 5.74) is 0. The lowest BCUT2D eigenvalue weighted by Gasteiger charge is -1.99. The summed E-state index contributed by atoms with van der Waals surface area (Å²) >= 11 is 7.18. The van der Waals surface area contributed by atoms with E-state index in [-0.39, 0.29) is 0 Å². The fourth-order valence-corrected chi connectivity index (χ4v) is 1.49. The van der Waals surface area contributed by atoms with Gasteiger partial charge in [-0.05, 0) is 24.3 Å². The van der Waals surface area contributed by atoms with E-state index in [2.05, 4.69) is 4.98 Å². The molecular formula is C9H6ClNOS. The molecule has 0 unspecified atom stereocenters. The molecule has 2 rings (SSSR count). The van der Waals surface area contributed by atoms with Crippen LogP contribution in [0.15, 0.2) is 35.8 Å². The smallest absolute Gasteiger partial charge is 0.278 e. The van der Waals surface area contributed by atoms with Crippen LogP contribution in [0.2, 0.25) is 5.02 Å². The lowest BCUT2D eigenvalue weighted by Crippen LogP contribution is -1.81. The summed E-state index contributed by atoms with van der Waals surface area (Å²) in [6.45, 7) is 0. The van der Waals surface area contributed by atoms with Crippen molar-refractivity contribution in [1.82, 2.24) is 4.98 Å². The maximum atomic E-state index is 5.72. The average Bonchev–Trinajstić information content (AvgIpc) is 2.62. The van der Waals surface area contributed by atoms with Crippen LogP contribution in [0.25, 0.3) is 0 Å². The highest BCUT2D eigenvalue weighted by Crippen LogP contribution is 2.24. The quantitative estimate of drug-likeness (QED) is 0.758. The molecule has 0 amide bonds. The van der Waals surface area contributed by atoms with Gasteiger partial charge in [-0.2, -0.15) is 0 Å². The Morgan fingerprint density at radius 1 is 1.23 bits per heavy atom. The number of rotatable bonds is 2. The van der Waals surface area contributed by atoms with Crippen LogP contribution in [0.1, 0.15) is 0 Å². The van der Waals surface area contributed by atoms with E-state index in [1.165, 1.54) is 11.3 Å². The molecule has 0 fully saturated rings. The van der Waals surface area contributed by atoms with Crippen molar-refractivity contribution in [1.29, 1.82) is 0 Å². The lowest BCUT2D eigenvalue weighted by molar-refractivity contribution is 0.479. The second kappa shape index (κ2) is 3.77. The van der Waals surface area contributed by atoms with Gasteiger partial charge in [0.1, 0.15) is 5.75 Å². The van der Waals surface area contributed by atoms with Gasteiger partial charge in [0.15, 0.2) is 0 Å². The third kappa shape index (κ3) is 2.20. The van der Waals surface area contributed by atoms with Crippen molar-refractivity contribution in [3.63, 3.8) is 0 Å². The van der Waals surface area contributed by atoms with Gasteiger partial charge in [0.05, 0.1) is 0 Å². The van der Waals surface area contributed by atoms with Crippen molar-refractivity contribution in [2.45, 2.75) is 0 Å². The second-order valence-electron chi connectivity index (χ2n) is 2.35. The molecule has 0 bridgehead atoms. The topological polar surface area (TPSA) is 22.1 Å². The van der Waals surface area contributed by atoms with E-state index in [1.54, 1.807) is 18.3 Å². The van der Waals surface area contributed by atoms with Crippen molar-refractivity contribution in [2.75, 3.05) is 0 Å². The third-order valence-electron chi connectivity index (χ3n) is 1.43. The second-order valence-corrected chi connectivity index (χ2v) is 3.65. The number of hydrogen-bond acceptors (Lipinski definition) is 3. The van der Waals surface area contributed by atoms with Crippen LogP contribution < -0.4 is 4.74 Å². The number of thiazole rings is 1. The zero-order valence-electron chi connectivity index (χ0n) is 6.61. The molecule has 1 heterocycles. The van der Waals surface area contributed by atoms with Crippen molar-refractivity contribution < 1.29 is 4.74 Å². The Morgan fingerprint density at radius 3 is 2.62 bits per heavy atom. The summed E-state index contributed by atoms with van der Waals surface area (Å²) in [5, 5.41) is 3.21. The first-order valence-electron chi connectivity index (χ1n) is 3.67. The Morgan fingerprint density at radius 2 is 2.00 bits per heavy atom. The average molecular weight is 212 g/mol. The Bertz CT molecular complexity index is 371. The van der Waals surface area contributed by atoms with E-state index in [0.717, 1.165) is 5.75 Å². The Labute approximate surface area is 84.8 Å². The molecule has 0 aliphatic carbocycles.